The number of carboxylic acids is 1. The largest absolute Gasteiger partial charge is 0.481 e. The number of anilines is 1. The first-order valence-corrected chi connectivity index (χ1v) is 6.08. The predicted octanol–water partition coefficient (Wildman–Crippen LogP) is 2.40. The van der Waals surface area contributed by atoms with E-state index in [1.807, 2.05) is 19.1 Å². The molecule has 1 aromatic rings. The number of rotatable bonds is 6. The van der Waals surface area contributed by atoms with E-state index in [4.69, 9.17) is 5.11 Å². The molecule has 1 rings (SSSR count). The Hall–Kier alpha value is -2.30. The van der Waals surface area contributed by atoms with Crippen molar-refractivity contribution in [1.82, 2.24) is 5.32 Å². The van der Waals surface area contributed by atoms with Gasteiger partial charge < -0.3 is 15.7 Å². The molecule has 0 aromatic heterocycles. The van der Waals surface area contributed by atoms with E-state index in [9.17, 15) is 9.59 Å². The normalized spacial score (nSPS) is 10.4. The topological polar surface area (TPSA) is 78.4 Å². The molecule has 0 saturated heterocycles. The second kappa shape index (κ2) is 7.92. The quantitative estimate of drug-likeness (QED) is 0.544. The van der Waals surface area contributed by atoms with Gasteiger partial charge in [-0.25, -0.2) is 4.79 Å². The number of urea groups is 1. The maximum Gasteiger partial charge on any atom is 0.319 e. The van der Waals surface area contributed by atoms with Crippen LogP contribution in [-0.2, 0) is 11.2 Å². The fraction of sp³-hybridized carbons (Fsp3) is 0.286. The highest BCUT2D eigenvalue weighted by Crippen LogP contribution is 2.09. The van der Waals surface area contributed by atoms with Crippen molar-refractivity contribution in [2.45, 2.75) is 19.8 Å². The van der Waals surface area contributed by atoms with Crippen molar-refractivity contribution in [3.05, 3.63) is 42.0 Å². The summed E-state index contributed by atoms with van der Waals surface area (Å²) in [6.45, 7) is 2.51. The van der Waals surface area contributed by atoms with Crippen molar-refractivity contribution in [2.24, 2.45) is 0 Å². The van der Waals surface area contributed by atoms with Crippen LogP contribution in [0.5, 0.6) is 0 Å². The fourth-order valence-electron chi connectivity index (χ4n) is 1.49. The fourth-order valence-corrected chi connectivity index (χ4v) is 1.49. The lowest BCUT2D eigenvalue weighted by atomic mass is 10.1. The Bertz CT molecular complexity index is 452. The van der Waals surface area contributed by atoms with E-state index in [0.717, 1.165) is 6.42 Å². The molecule has 0 saturated carbocycles. The van der Waals surface area contributed by atoms with Crippen molar-refractivity contribution in [2.75, 3.05) is 11.9 Å². The molecule has 1 aromatic carbocycles. The molecule has 0 aliphatic carbocycles. The first-order chi connectivity index (χ1) is 9.11. The summed E-state index contributed by atoms with van der Waals surface area (Å²) in [5.41, 5.74) is 1.34. The van der Waals surface area contributed by atoms with E-state index in [1.54, 1.807) is 24.3 Å². The van der Waals surface area contributed by atoms with Crippen molar-refractivity contribution in [3.63, 3.8) is 0 Å². The number of carbonyl (C=O) groups excluding carboxylic acids is 1. The van der Waals surface area contributed by atoms with Gasteiger partial charge >= 0.3 is 12.0 Å². The summed E-state index contributed by atoms with van der Waals surface area (Å²) in [5.74, 6) is -0.873. The number of carbonyl (C=O) groups is 2. The van der Waals surface area contributed by atoms with Crippen LogP contribution in [0, 0.1) is 0 Å². The minimum Gasteiger partial charge on any atom is -0.481 e. The first kappa shape index (κ1) is 14.8. The van der Waals surface area contributed by atoms with E-state index in [2.05, 4.69) is 10.6 Å². The van der Waals surface area contributed by atoms with Gasteiger partial charge in [-0.2, -0.15) is 0 Å². The summed E-state index contributed by atoms with van der Waals surface area (Å²) in [6.07, 6.45) is 4.68. The highest BCUT2D eigenvalue weighted by Gasteiger charge is 2.02. The highest BCUT2D eigenvalue weighted by molar-refractivity contribution is 5.89. The Labute approximate surface area is 112 Å². The summed E-state index contributed by atoms with van der Waals surface area (Å²) in [7, 11) is 0. The Morgan fingerprint density at radius 2 is 1.95 bits per heavy atom. The molecule has 0 heterocycles. The summed E-state index contributed by atoms with van der Waals surface area (Å²) < 4.78 is 0. The number of carboxylic acid groups (broad SMARTS) is 1. The predicted molar refractivity (Wildman–Crippen MR) is 74.2 cm³/mol. The second-order valence-electron chi connectivity index (χ2n) is 4.01. The zero-order valence-electron chi connectivity index (χ0n) is 10.8. The van der Waals surface area contributed by atoms with Crippen molar-refractivity contribution in [1.29, 1.82) is 0 Å². The molecule has 5 heteroatoms. The third-order valence-corrected chi connectivity index (χ3v) is 2.40. The van der Waals surface area contributed by atoms with Gasteiger partial charge in [0.2, 0.25) is 0 Å². The molecular weight excluding hydrogens is 244 g/mol. The SMILES string of the molecule is C/C=C/CCNC(=O)Nc1ccc(CC(=O)O)cc1. The van der Waals surface area contributed by atoms with Crippen LogP contribution >= 0.6 is 0 Å². The zero-order valence-corrected chi connectivity index (χ0v) is 10.8. The lowest BCUT2D eigenvalue weighted by Gasteiger charge is -2.07. The summed E-state index contributed by atoms with van der Waals surface area (Å²) in [4.78, 5) is 22.0. The molecule has 0 atom stereocenters. The van der Waals surface area contributed by atoms with Gasteiger partial charge in [0.05, 0.1) is 6.42 Å². The molecule has 0 radical (unpaired) electrons. The van der Waals surface area contributed by atoms with Crippen LogP contribution in [0.3, 0.4) is 0 Å². The molecule has 3 N–H and O–H groups in total. The number of benzene rings is 1. The Morgan fingerprint density at radius 1 is 1.26 bits per heavy atom. The number of nitrogens with one attached hydrogen (secondary N) is 2. The third kappa shape index (κ3) is 6.26. The van der Waals surface area contributed by atoms with Crippen molar-refractivity contribution >= 4 is 17.7 Å². The van der Waals surface area contributed by atoms with E-state index < -0.39 is 5.97 Å². The van der Waals surface area contributed by atoms with Gasteiger partial charge in [-0.15, -0.1) is 0 Å². The summed E-state index contributed by atoms with van der Waals surface area (Å²) >= 11 is 0. The van der Waals surface area contributed by atoms with Gasteiger partial charge in [0, 0.05) is 12.2 Å². The average molecular weight is 262 g/mol. The molecule has 5 nitrogen and oxygen atoms in total. The lowest BCUT2D eigenvalue weighted by Crippen LogP contribution is -2.29. The number of amides is 2. The van der Waals surface area contributed by atoms with Crippen LogP contribution in [0.15, 0.2) is 36.4 Å². The molecule has 0 bridgehead atoms. The first-order valence-electron chi connectivity index (χ1n) is 6.08. The van der Waals surface area contributed by atoms with E-state index in [-0.39, 0.29) is 12.5 Å². The van der Waals surface area contributed by atoms with Crippen LogP contribution in [0.2, 0.25) is 0 Å². The monoisotopic (exact) mass is 262 g/mol. The van der Waals surface area contributed by atoms with Gasteiger partial charge in [0.25, 0.3) is 0 Å². The molecule has 0 aliphatic heterocycles. The molecule has 102 valence electrons. The van der Waals surface area contributed by atoms with Gasteiger partial charge in [0.15, 0.2) is 0 Å². The molecular formula is C14H18N2O3. The summed E-state index contributed by atoms with van der Waals surface area (Å²) in [5, 5.41) is 14.0. The maximum atomic E-state index is 11.5. The van der Waals surface area contributed by atoms with Gasteiger partial charge in [-0.3, -0.25) is 4.79 Å². The molecule has 0 spiro atoms. The molecule has 2 amide bonds. The number of hydrogen-bond donors (Lipinski definition) is 3. The minimum absolute atomic E-state index is 0.0180. The summed E-state index contributed by atoms with van der Waals surface area (Å²) in [6, 6.07) is 6.47. The average Bonchev–Trinajstić information content (AvgIpc) is 2.36. The van der Waals surface area contributed by atoms with E-state index in [1.165, 1.54) is 0 Å². The standard InChI is InChI=1S/C14H18N2O3/c1-2-3-4-9-15-14(19)16-12-7-5-11(6-8-12)10-13(17)18/h2-3,5-8H,4,9-10H2,1H3,(H,17,18)(H2,15,16,19)/b3-2+. The molecule has 19 heavy (non-hydrogen) atoms. The molecule has 0 unspecified atom stereocenters. The van der Waals surface area contributed by atoms with Crippen molar-refractivity contribution in [3.8, 4) is 0 Å². The van der Waals surface area contributed by atoms with Crippen LogP contribution in [0.25, 0.3) is 0 Å². The zero-order chi connectivity index (χ0) is 14.1. The number of allylic oxidation sites excluding steroid dienone is 1. The minimum atomic E-state index is -0.873. The molecule has 0 aliphatic rings. The Kier molecular flexibility index (Phi) is 6.15. The maximum absolute atomic E-state index is 11.5. The Balaban J connectivity index is 2.40. The smallest absolute Gasteiger partial charge is 0.319 e. The number of hydrogen-bond acceptors (Lipinski definition) is 2. The van der Waals surface area contributed by atoms with Gasteiger partial charge in [-0.05, 0) is 31.0 Å². The van der Waals surface area contributed by atoms with Crippen molar-refractivity contribution < 1.29 is 14.7 Å². The Morgan fingerprint density at radius 3 is 2.53 bits per heavy atom. The lowest BCUT2D eigenvalue weighted by molar-refractivity contribution is -0.136. The van der Waals surface area contributed by atoms with E-state index in [0.29, 0.717) is 17.8 Å². The highest BCUT2D eigenvalue weighted by atomic mass is 16.4. The molecule has 0 fully saturated rings. The number of aliphatic carboxylic acids is 1. The third-order valence-electron chi connectivity index (χ3n) is 2.40. The van der Waals surface area contributed by atoms with Gasteiger partial charge in [-0.1, -0.05) is 24.3 Å². The van der Waals surface area contributed by atoms with E-state index >= 15 is 0 Å². The van der Waals surface area contributed by atoms with Gasteiger partial charge in [0.1, 0.15) is 0 Å². The van der Waals surface area contributed by atoms with Crippen LogP contribution in [0.4, 0.5) is 10.5 Å². The van der Waals surface area contributed by atoms with Crippen LogP contribution in [0.1, 0.15) is 18.9 Å². The van der Waals surface area contributed by atoms with Crippen LogP contribution in [-0.4, -0.2) is 23.7 Å². The van der Waals surface area contributed by atoms with Crippen LogP contribution < -0.4 is 10.6 Å². The second-order valence-corrected chi connectivity index (χ2v) is 4.01.